The maximum absolute atomic E-state index is 11.9. The topological polar surface area (TPSA) is 58.4 Å². The van der Waals surface area contributed by atoms with Crippen LogP contribution in [0, 0.1) is 5.92 Å². The van der Waals surface area contributed by atoms with E-state index in [1.54, 1.807) is 18.2 Å². The molecule has 0 radical (unpaired) electrons. The Morgan fingerprint density at radius 3 is 2.62 bits per heavy atom. The molecule has 1 aromatic carbocycles. The molecule has 1 aromatic rings. The summed E-state index contributed by atoms with van der Waals surface area (Å²) in [4.78, 5) is 14.2. The minimum Gasteiger partial charge on any atom is -0.330 e. The zero-order chi connectivity index (χ0) is 14.5. The maximum Gasteiger partial charge on any atom is 0.225 e. The molecular weight excluding hydrogens is 333 g/mol. The standard InChI is InChI=1S/C14H19Cl2N3O.ClH/c15-11-2-1-3-12(16)14(11)18-13(20)5-7-19-6-4-10(8-17)9-19;/h1-3,10H,4-9,17H2,(H,18,20);1H. The van der Waals surface area contributed by atoms with Gasteiger partial charge in [0.25, 0.3) is 0 Å². The summed E-state index contributed by atoms with van der Waals surface area (Å²) in [6, 6.07) is 5.16. The molecule has 1 saturated heterocycles. The number of carbonyl (C=O) groups excluding carboxylic acids is 1. The lowest BCUT2D eigenvalue weighted by Crippen LogP contribution is -2.27. The van der Waals surface area contributed by atoms with Gasteiger partial charge in [0.15, 0.2) is 0 Å². The third-order valence-corrected chi connectivity index (χ3v) is 4.22. The summed E-state index contributed by atoms with van der Waals surface area (Å²) in [5.41, 5.74) is 6.14. The van der Waals surface area contributed by atoms with Crippen LogP contribution in [0.1, 0.15) is 12.8 Å². The van der Waals surface area contributed by atoms with Crippen molar-refractivity contribution in [2.24, 2.45) is 11.7 Å². The minimum atomic E-state index is -0.0730. The van der Waals surface area contributed by atoms with Crippen molar-refractivity contribution in [1.29, 1.82) is 0 Å². The van der Waals surface area contributed by atoms with Crippen LogP contribution in [0.2, 0.25) is 10.0 Å². The molecule has 21 heavy (non-hydrogen) atoms. The molecule has 0 aromatic heterocycles. The van der Waals surface area contributed by atoms with Crippen LogP contribution in [-0.4, -0.2) is 37.0 Å². The number of rotatable bonds is 5. The van der Waals surface area contributed by atoms with Crippen molar-refractivity contribution in [3.63, 3.8) is 0 Å². The third-order valence-electron chi connectivity index (χ3n) is 3.59. The largest absolute Gasteiger partial charge is 0.330 e. The first kappa shape index (κ1) is 18.5. The van der Waals surface area contributed by atoms with Crippen LogP contribution in [0.3, 0.4) is 0 Å². The van der Waals surface area contributed by atoms with Crippen LogP contribution >= 0.6 is 35.6 Å². The first-order valence-electron chi connectivity index (χ1n) is 6.76. The molecule has 1 aliphatic heterocycles. The van der Waals surface area contributed by atoms with Gasteiger partial charge in [-0.25, -0.2) is 0 Å². The van der Waals surface area contributed by atoms with Gasteiger partial charge in [-0.05, 0) is 37.6 Å². The number of benzene rings is 1. The highest BCUT2D eigenvalue weighted by Crippen LogP contribution is 2.29. The zero-order valence-electron chi connectivity index (χ0n) is 11.6. The molecule has 3 N–H and O–H groups in total. The molecule has 0 saturated carbocycles. The SMILES string of the molecule is Cl.NCC1CCN(CCC(=O)Nc2c(Cl)cccc2Cl)C1. The van der Waals surface area contributed by atoms with Crippen LogP contribution in [0.25, 0.3) is 0 Å². The number of likely N-dealkylation sites (tertiary alicyclic amines) is 1. The minimum absolute atomic E-state index is 0. The fourth-order valence-electron chi connectivity index (χ4n) is 2.39. The Bertz CT molecular complexity index is 464. The molecule has 1 unspecified atom stereocenters. The molecule has 7 heteroatoms. The van der Waals surface area contributed by atoms with Crippen molar-refractivity contribution < 1.29 is 4.79 Å². The first-order chi connectivity index (χ1) is 9.60. The molecule has 1 atom stereocenters. The number of hydrogen-bond acceptors (Lipinski definition) is 3. The number of halogens is 3. The van der Waals surface area contributed by atoms with Crippen molar-refractivity contribution in [3.05, 3.63) is 28.2 Å². The number of nitrogens with one attached hydrogen (secondary N) is 1. The van der Waals surface area contributed by atoms with Crippen molar-refractivity contribution in [3.8, 4) is 0 Å². The summed E-state index contributed by atoms with van der Waals surface area (Å²) >= 11 is 12.0. The van der Waals surface area contributed by atoms with Crippen LogP contribution < -0.4 is 11.1 Å². The van der Waals surface area contributed by atoms with E-state index >= 15 is 0 Å². The summed E-state index contributed by atoms with van der Waals surface area (Å²) in [6.45, 7) is 3.46. The molecule has 0 aliphatic carbocycles. The van der Waals surface area contributed by atoms with Crippen LogP contribution in [0.5, 0.6) is 0 Å². The fraction of sp³-hybridized carbons (Fsp3) is 0.500. The highest BCUT2D eigenvalue weighted by Gasteiger charge is 2.21. The normalized spacial score (nSPS) is 18.3. The van der Waals surface area contributed by atoms with Gasteiger partial charge in [-0.2, -0.15) is 0 Å². The smallest absolute Gasteiger partial charge is 0.225 e. The molecule has 1 fully saturated rings. The Morgan fingerprint density at radius 2 is 2.05 bits per heavy atom. The van der Waals surface area contributed by atoms with E-state index in [9.17, 15) is 4.79 Å². The molecule has 118 valence electrons. The van der Waals surface area contributed by atoms with Gasteiger partial charge in [0.05, 0.1) is 15.7 Å². The molecule has 1 amide bonds. The Morgan fingerprint density at radius 1 is 1.38 bits per heavy atom. The van der Waals surface area contributed by atoms with Crippen molar-refractivity contribution in [2.45, 2.75) is 12.8 Å². The predicted octanol–water partition coefficient (Wildman–Crippen LogP) is 3.02. The number of amides is 1. The Hall–Kier alpha value is -0.520. The molecular formula is C14H20Cl3N3O. The molecule has 1 aliphatic rings. The highest BCUT2D eigenvalue weighted by atomic mass is 35.5. The predicted molar refractivity (Wildman–Crippen MR) is 90.6 cm³/mol. The first-order valence-corrected chi connectivity index (χ1v) is 7.52. The number of hydrogen-bond donors (Lipinski definition) is 2. The summed E-state index contributed by atoms with van der Waals surface area (Å²) in [5.74, 6) is 0.493. The second-order valence-corrected chi connectivity index (χ2v) is 5.90. The van der Waals surface area contributed by atoms with E-state index in [1.807, 2.05) is 0 Å². The molecule has 2 rings (SSSR count). The Labute approximate surface area is 141 Å². The van der Waals surface area contributed by atoms with Crippen LogP contribution in [0.4, 0.5) is 5.69 Å². The van der Waals surface area contributed by atoms with E-state index in [0.29, 0.717) is 28.1 Å². The van der Waals surface area contributed by atoms with E-state index in [-0.39, 0.29) is 18.3 Å². The van der Waals surface area contributed by atoms with Gasteiger partial charge in [0.1, 0.15) is 0 Å². The summed E-state index contributed by atoms with van der Waals surface area (Å²) < 4.78 is 0. The maximum atomic E-state index is 11.9. The Balaban J connectivity index is 0.00000220. The number of anilines is 1. The van der Waals surface area contributed by atoms with Crippen molar-refractivity contribution in [1.82, 2.24) is 4.90 Å². The van der Waals surface area contributed by atoms with Gasteiger partial charge in [0, 0.05) is 19.5 Å². The lowest BCUT2D eigenvalue weighted by Gasteiger charge is -2.15. The average molecular weight is 353 g/mol. The van der Waals surface area contributed by atoms with Gasteiger partial charge in [-0.1, -0.05) is 29.3 Å². The van der Waals surface area contributed by atoms with Gasteiger partial charge in [0.2, 0.25) is 5.91 Å². The van der Waals surface area contributed by atoms with E-state index in [2.05, 4.69) is 10.2 Å². The number of nitrogens with zero attached hydrogens (tertiary/aromatic N) is 1. The number of para-hydroxylation sites is 1. The van der Waals surface area contributed by atoms with Crippen molar-refractivity contribution >= 4 is 47.2 Å². The third kappa shape index (κ3) is 5.31. The lowest BCUT2D eigenvalue weighted by atomic mass is 10.1. The van der Waals surface area contributed by atoms with Crippen molar-refractivity contribution in [2.75, 3.05) is 31.5 Å². The fourth-order valence-corrected chi connectivity index (χ4v) is 2.88. The highest BCUT2D eigenvalue weighted by molar-refractivity contribution is 6.39. The quantitative estimate of drug-likeness (QED) is 0.856. The van der Waals surface area contributed by atoms with Gasteiger partial charge >= 0.3 is 0 Å². The zero-order valence-corrected chi connectivity index (χ0v) is 14.0. The van der Waals surface area contributed by atoms with Gasteiger partial charge in [-0.15, -0.1) is 12.4 Å². The van der Waals surface area contributed by atoms with Gasteiger partial charge in [-0.3, -0.25) is 4.79 Å². The summed E-state index contributed by atoms with van der Waals surface area (Å²) in [7, 11) is 0. The van der Waals surface area contributed by atoms with E-state index in [1.165, 1.54) is 0 Å². The second kappa shape index (κ2) is 8.81. The van der Waals surface area contributed by atoms with E-state index in [0.717, 1.165) is 32.6 Å². The summed E-state index contributed by atoms with van der Waals surface area (Å²) in [6.07, 6.45) is 1.55. The van der Waals surface area contributed by atoms with Crippen LogP contribution in [0.15, 0.2) is 18.2 Å². The second-order valence-electron chi connectivity index (χ2n) is 5.09. The molecule has 1 heterocycles. The summed E-state index contributed by atoms with van der Waals surface area (Å²) in [5, 5.41) is 3.68. The Kier molecular flexibility index (Phi) is 7.77. The molecule has 0 spiro atoms. The van der Waals surface area contributed by atoms with Crippen LogP contribution in [-0.2, 0) is 4.79 Å². The molecule has 0 bridgehead atoms. The lowest BCUT2D eigenvalue weighted by molar-refractivity contribution is -0.116. The van der Waals surface area contributed by atoms with E-state index in [4.69, 9.17) is 28.9 Å². The van der Waals surface area contributed by atoms with E-state index < -0.39 is 0 Å². The molecule has 4 nitrogen and oxygen atoms in total. The average Bonchev–Trinajstić information content (AvgIpc) is 2.89. The number of nitrogens with two attached hydrogens (primary N) is 1. The monoisotopic (exact) mass is 351 g/mol. The van der Waals surface area contributed by atoms with Gasteiger partial charge < -0.3 is 16.0 Å². The number of carbonyl (C=O) groups is 1.